The summed E-state index contributed by atoms with van der Waals surface area (Å²) in [6, 6.07) is 16.8. The van der Waals surface area contributed by atoms with Crippen molar-refractivity contribution < 1.29 is 17.9 Å². The number of nitrogens with zero attached hydrogens (tertiary/aromatic N) is 4. The van der Waals surface area contributed by atoms with Crippen molar-refractivity contribution in [3.05, 3.63) is 66.5 Å². The maximum absolute atomic E-state index is 12.8. The molecule has 0 saturated carbocycles. The molecule has 1 aromatic heterocycles. The van der Waals surface area contributed by atoms with Gasteiger partial charge >= 0.3 is 0 Å². The smallest absolute Gasteiger partial charge is 0.218 e. The van der Waals surface area contributed by atoms with Crippen LogP contribution in [0.25, 0.3) is 11.3 Å². The Kier molecular flexibility index (Phi) is 6.57. The first-order valence-electron chi connectivity index (χ1n) is 10.3. The first-order valence-corrected chi connectivity index (χ1v) is 11.9. The van der Waals surface area contributed by atoms with E-state index in [1.807, 2.05) is 54.6 Å². The predicted molar refractivity (Wildman–Crippen MR) is 123 cm³/mol. The molecule has 1 fully saturated rings. The third kappa shape index (κ3) is 4.84. The zero-order chi connectivity index (χ0) is 22.6. The Labute approximate surface area is 188 Å². The number of anilines is 1. The van der Waals surface area contributed by atoms with E-state index in [0.29, 0.717) is 37.7 Å². The first kappa shape index (κ1) is 22.0. The second kappa shape index (κ2) is 9.54. The van der Waals surface area contributed by atoms with E-state index in [1.54, 1.807) is 18.5 Å². The quantitative estimate of drug-likeness (QED) is 0.543. The van der Waals surface area contributed by atoms with Crippen LogP contribution >= 0.6 is 0 Å². The molecule has 1 aliphatic rings. The SMILES string of the molecule is COc1ccc(-c2cc(N3CCN(S(=O)(=O)Cc4ccccc4)CC3)ncn2)cc1OC. The summed E-state index contributed by atoms with van der Waals surface area (Å²) < 4.78 is 37.9. The molecule has 168 valence electrons. The second-order valence-corrected chi connectivity index (χ2v) is 9.43. The van der Waals surface area contributed by atoms with Gasteiger partial charge in [-0.3, -0.25) is 0 Å². The topological polar surface area (TPSA) is 84.9 Å². The molecule has 0 spiro atoms. The summed E-state index contributed by atoms with van der Waals surface area (Å²) in [6.45, 7) is 1.97. The fourth-order valence-corrected chi connectivity index (χ4v) is 5.26. The number of hydrogen-bond donors (Lipinski definition) is 0. The average molecular weight is 455 g/mol. The molecule has 4 rings (SSSR count). The Bertz CT molecular complexity index is 1160. The highest BCUT2D eigenvalue weighted by molar-refractivity contribution is 7.88. The predicted octanol–water partition coefficient (Wildman–Crippen LogP) is 2.81. The lowest BCUT2D eigenvalue weighted by atomic mass is 10.1. The van der Waals surface area contributed by atoms with Crippen molar-refractivity contribution in [2.75, 3.05) is 45.3 Å². The Hall–Kier alpha value is -3.17. The van der Waals surface area contributed by atoms with Crippen molar-refractivity contribution in [2.24, 2.45) is 0 Å². The molecule has 9 heteroatoms. The standard InChI is InChI=1S/C23H26N4O4S/c1-30-21-9-8-19(14-22(21)31-2)20-15-23(25-17-24-20)26-10-12-27(13-11-26)32(28,29)16-18-6-4-3-5-7-18/h3-9,14-15,17H,10-13,16H2,1-2H3. The van der Waals surface area contributed by atoms with Gasteiger partial charge in [-0.1, -0.05) is 30.3 Å². The largest absolute Gasteiger partial charge is 0.493 e. The molecule has 1 saturated heterocycles. The lowest BCUT2D eigenvalue weighted by Crippen LogP contribution is -2.49. The fraction of sp³-hybridized carbons (Fsp3) is 0.304. The van der Waals surface area contributed by atoms with Crippen LogP contribution in [-0.4, -0.2) is 63.1 Å². The lowest BCUT2D eigenvalue weighted by Gasteiger charge is -2.34. The molecular formula is C23H26N4O4S. The number of methoxy groups -OCH3 is 2. The van der Waals surface area contributed by atoms with E-state index in [2.05, 4.69) is 14.9 Å². The number of piperazine rings is 1. The molecule has 0 bridgehead atoms. The van der Waals surface area contributed by atoms with Gasteiger partial charge in [-0.25, -0.2) is 18.4 Å². The van der Waals surface area contributed by atoms with Gasteiger partial charge in [-0.05, 0) is 23.8 Å². The highest BCUT2D eigenvalue weighted by Crippen LogP contribution is 2.32. The highest BCUT2D eigenvalue weighted by Gasteiger charge is 2.27. The van der Waals surface area contributed by atoms with Crippen LogP contribution in [-0.2, 0) is 15.8 Å². The van der Waals surface area contributed by atoms with E-state index < -0.39 is 10.0 Å². The molecule has 0 radical (unpaired) electrons. The molecule has 2 aromatic carbocycles. The van der Waals surface area contributed by atoms with Gasteiger partial charge in [0.15, 0.2) is 11.5 Å². The Morgan fingerprint density at radius 3 is 2.28 bits per heavy atom. The molecule has 2 heterocycles. The number of hydrogen-bond acceptors (Lipinski definition) is 7. The number of aromatic nitrogens is 2. The molecule has 0 aliphatic carbocycles. The molecule has 3 aromatic rings. The van der Waals surface area contributed by atoms with Crippen LogP contribution in [0.4, 0.5) is 5.82 Å². The fourth-order valence-electron chi connectivity index (χ4n) is 3.74. The van der Waals surface area contributed by atoms with Gasteiger partial charge in [0.05, 0.1) is 25.7 Å². The Morgan fingerprint density at radius 2 is 1.59 bits per heavy atom. The van der Waals surface area contributed by atoms with Crippen molar-refractivity contribution >= 4 is 15.8 Å². The number of rotatable bonds is 7. The third-order valence-corrected chi connectivity index (χ3v) is 7.33. The van der Waals surface area contributed by atoms with Gasteiger partial charge in [-0.15, -0.1) is 0 Å². The monoisotopic (exact) mass is 454 g/mol. The maximum atomic E-state index is 12.8. The molecular weight excluding hydrogens is 428 g/mol. The highest BCUT2D eigenvalue weighted by atomic mass is 32.2. The lowest BCUT2D eigenvalue weighted by molar-refractivity contribution is 0.355. The molecule has 0 amide bonds. The van der Waals surface area contributed by atoms with Gasteiger partial charge in [0, 0.05) is 37.8 Å². The average Bonchev–Trinajstić information content (AvgIpc) is 2.84. The number of sulfonamides is 1. The number of ether oxygens (including phenoxy) is 2. The normalized spacial score (nSPS) is 14.9. The van der Waals surface area contributed by atoms with Gasteiger partial charge in [0.25, 0.3) is 0 Å². The third-order valence-electron chi connectivity index (χ3n) is 5.48. The zero-order valence-corrected chi connectivity index (χ0v) is 19.0. The van der Waals surface area contributed by atoms with Crippen LogP contribution in [0.5, 0.6) is 11.5 Å². The summed E-state index contributed by atoms with van der Waals surface area (Å²) in [4.78, 5) is 10.9. The molecule has 1 aliphatic heterocycles. The summed E-state index contributed by atoms with van der Waals surface area (Å²) >= 11 is 0. The van der Waals surface area contributed by atoms with Gasteiger partial charge < -0.3 is 14.4 Å². The summed E-state index contributed by atoms with van der Waals surface area (Å²) in [7, 11) is -0.166. The summed E-state index contributed by atoms with van der Waals surface area (Å²) in [5.41, 5.74) is 2.44. The molecule has 0 atom stereocenters. The zero-order valence-electron chi connectivity index (χ0n) is 18.1. The van der Waals surface area contributed by atoms with Crippen LogP contribution in [0.2, 0.25) is 0 Å². The Morgan fingerprint density at radius 1 is 0.875 bits per heavy atom. The first-order chi connectivity index (χ1) is 15.5. The second-order valence-electron chi connectivity index (χ2n) is 7.46. The van der Waals surface area contributed by atoms with Crippen molar-refractivity contribution in [1.29, 1.82) is 0 Å². The summed E-state index contributed by atoms with van der Waals surface area (Å²) in [6.07, 6.45) is 1.53. The van der Waals surface area contributed by atoms with Crippen LogP contribution in [0.15, 0.2) is 60.9 Å². The van der Waals surface area contributed by atoms with Crippen molar-refractivity contribution in [2.45, 2.75) is 5.75 Å². The van der Waals surface area contributed by atoms with E-state index in [-0.39, 0.29) is 5.75 Å². The Balaban J connectivity index is 1.45. The van der Waals surface area contributed by atoms with Crippen LogP contribution in [0.3, 0.4) is 0 Å². The molecule has 8 nitrogen and oxygen atoms in total. The summed E-state index contributed by atoms with van der Waals surface area (Å²) in [5.74, 6) is 2.07. The minimum atomic E-state index is -3.36. The van der Waals surface area contributed by atoms with Gasteiger partial charge in [0.2, 0.25) is 10.0 Å². The van der Waals surface area contributed by atoms with Crippen LogP contribution in [0, 0.1) is 0 Å². The van der Waals surface area contributed by atoms with Crippen molar-refractivity contribution in [3.8, 4) is 22.8 Å². The van der Waals surface area contributed by atoms with Crippen LogP contribution in [0.1, 0.15) is 5.56 Å². The minimum Gasteiger partial charge on any atom is -0.493 e. The van der Waals surface area contributed by atoms with E-state index in [4.69, 9.17) is 9.47 Å². The van der Waals surface area contributed by atoms with Crippen LogP contribution < -0.4 is 14.4 Å². The van der Waals surface area contributed by atoms with Crippen molar-refractivity contribution in [1.82, 2.24) is 14.3 Å². The van der Waals surface area contributed by atoms with E-state index in [9.17, 15) is 8.42 Å². The molecule has 0 unspecified atom stereocenters. The molecule has 32 heavy (non-hydrogen) atoms. The van der Waals surface area contributed by atoms with E-state index >= 15 is 0 Å². The summed E-state index contributed by atoms with van der Waals surface area (Å²) in [5, 5.41) is 0. The van der Waals surface area contributed by atoms with E-state index in [0.717, 1.165) is 22.6 Å². The van der Waals surface area contributed by atoms with E-state index in [1.165, 1.54) is 6.33 Å². The maximum Gasteiger partial charge on any atom is 0.218 e. The number of benzene rings is 2. The van der Waals surface area contributed by atoms with Gasteiger partial charge in [-0.2, -0.15) is 4.31 Å². The molecule has 0 N–H and O–H groups in total. The minimum absolute atomic E-state index is 0.0186. The van der Waals surface area contributed by atoms with Crippen molar-refractivity contribution in [3.63, 3.8) is 0 Å². The van der Waals surface area contributed by atoms with Gasteiger partial charge in [0.1, 0.15) is 12.1 Å².